The van der Waals surface area contributed by atoms with Gasteiger partial charge in [-0.05, 0) is 29.5 Å². The number of hydrogen-bond donors (Lipinski definition) is 1. The highest BCUT2D eigenvalue weighted by Crippen LogP contribution is 2.42. The molecule has 0 bridgehead atoms. The number of carbonyl (C=O) groups excluding carboxylic acids is 1. The Morgan fingerprint density at radius 3 is 2.40 bits per heavy atom. The highest BCUT2D eigenvalue weighted by molar-refractivity contribution is 14.1. The van der Waals surface area contributed by atoms with Gasteiger partial charge in [0, 0.05) is 5.56 Å². The summed E-state index contributed by atoms with van der Waals surface area (Å²) in [6.07, 6.45) is 0. The second kappa shape index (κ2) is 3.61. The summed E-state index contributed by atoms with van der Waals surface area (Å²) in [4.78, 5) is 11.3. The molecule has 0 fully saturated rings. The molecular formula is C11H9IO3. The smallest absolute Gasteiger partial charge is 0.337 e. The average Bonchev–Trinajstić information content (AvgIpc) is 2.45. The fourth-order valence-corrected chi connectivity index (χ4v) is 2.09. The maximum atomic E-state index is 11.3. The van der Waals surface area contributed by atoms with Crippen LogP contribution in [0.1, 0.15) is 12.5 Å². The van der Waals surface area contributed by atoms with Crippen LogP contribution in [0.15, 0.2) is 39.5 Å². The van der Waals surface area contributed by atoms with Crippen molar-refractivity contribution in [3.05, 3.63) is 45.0 Å². The second-order valence-electron chi connectivity index (χ2n) is 3.34. The zero-order chi connectivity index (χ0) is 11.1. The molecule has 15 heavy (non-hydrogen) atoms. The summed E-state index contributed by atoms with van der Waals surface area (Å²) in [5.41, 5.74) is 1.03. The molecule has 0 radical (unpaired) electrons. The molecule has 1 aliphatic heterocycles. The third-order valence-corrected chi connectivity index (χ3v) is 3.88. The van der Waals surface area contributed by atoms with Crippen LogP contribution in [-0.2, 0) is 15.3 Å². The Hall–Kier alpha value is -0.880. The Balaban J connectivity index is 2.51. The molecule has 4 heteroatoms. The van der Waals surface area contributed by atoms with E-state index in [-0.39, 0.29) is 0 Å². The van der Waals surface area contributed by atoms with E-state index in [0.29, 0.717) is 14.7 Å². The molecule has 0 aliphatic carbocycles. The van der Waals surface area contributed by atoms with Crippen molar-refractivity contribution in [2.24, 2.45) is 0 Å². The fraction of sp³-hybridized carbons (Fsp3) is 0.182. The lowest BCUT2D eigenvalue weighted by molar-refractivity contribution is -0.182. The van der Waals surface area contributed by atoms with E-state index < -0.39 is 11.8 Å². The minimum atomic E-state index is -1.59. The van der Waals surface area contributed by atoms with Crippen molar-refractivity contribution < 1.29 is 14.6 Å². The van der Waals surface area contributed by atoms with Gasteiger partial charge in [-0.15, -0.1) is 0 Å². The standard InChI is InChI=1S/C11H9IO3/c1-7-9(12)11(14,15-10(7)13)8-5-3-2-4-6-8/h2-6,14H,1H3. The molecule has 1 aromatic carbocycles. The topological polar surface area (TPSA) is 46.5 Å². The molecule has 78 valence electrons. The SMILES string of the molecule is CC1=C(I)C(O)(c2ccccc2)OC1=O. The van der Waals surface area contributed by atoms with Crippen LogP contribution in [0.4, 0.5) is 0 Å². The quantitative estimate of drug-likeness (QED) is 0.637. The number of benzene rings is 1. The monoisotopic (exact) mass is 316 g/mol. The van der Waals surface area contributed by atoms with Crippen LogP contribution in [0, 0.1) is 0 Å². The lowest BCUT2D eigenvalue weighted by atomic mass is 10.1. The molecule has 0 amide bonds. The molecule has 1 atom stereocenters. The van der Waals surface area contributed by atoms with Gasteiger partial charge in [0.25, 0.3) is 5.79 Å². The number of cyclic esters (lactones) is 1. The second-order valence-corrected chi connectivity index (χ2v) is 4.42. The molecule has 1 aliphatic rings. The number of rotatable bonds is 1. The van der Waals surface area contributed by atoms with Crippen molar-refractivity contribution in [3.63, 3.8) is 0 Å². The van der Waals surface area contributed by atoms with E-state index >= 15 is 0 Å². The number of ether oxygens (including phenoxy) is 1. The largest absolute Gasteiger partial charge is 0.420 e. The minimum Gasteiger partial charge on any atom is -0.420 e. The highest BCUT2D eigenvalue weighted by Gasteiger charge is 2.45. The van der Waals surface area contributed by atoms with Gasteiger partial charge in [-0.3, -0.25) is 0 Å². The van der Waals surface area contributed by atoms with Crippen LogP contribution in [0.2, 0.25) is 0 Å². The van der Waals surface area contributed by atoms with Gasteiger partial charge in [0.2, 0.25) is 0 Å². The molecule has 2 rings (SSSR count). The Morgan fingerprint density at radius 1 is 1.33 bits per heavy atom. The van der Waals surface area contributed by atoms with Gasteiger partial charge in [0.1, 0.15) is 0 Å². The Bertz CT molecular complexity index is 438. The number of carbonyl (C=O) groups is 1. The zero-order valence-corrected chi connectivity index (χ0v) is 10.2. The number of hydrogen-bond acceptors (Lipinski definition) is 3. The zero-order valence-electron chi connectivity index (χ0n) is 8.03. The Morgan fingerprint density at radius 2 is 1.93 bits per heavy atom. The van der Waals surface area contributed by atoms with E-state index in [4.69, 9.17) is 4.74 Å². The third kappa shape index (κ3) is 1.57. The van der Waals surface area contributed by atoms with Crippen molar-refractivity contribution >= 4 is 28.6 Å². The molecule has 1 aromatic rings. The van der Waals surface area contributed by atoms with E-state index in [0.717, 1.165) is 0 Å². The molecule has 1 N–H and O–H groups in total. The van der Waals surface area contributed by atoms with Gasteiger partial charge in [0.05, 0.1) is 9.15 Å². The highest BCUT2D eigenvalue weighted by atomic mass is 127. The summed E-state index contributed by atoms with van der Waals surface area (Å²) >= 11 is 1.94. The Kier molecular flexibility index (Phi) is 2.56. The van der Waals surface area contributed by atoms with Crippen molar-refractivity contribution in [1.29, 1.82) is 0 Å². The number of esters is 1. The van der Waals surface area contributed by atoms with E-state index in [1.807, 2.05) is 28.7 Å². The normalized spacial score (nSPS) is 25.7. The van der Waals surface area contributed by atoms with Gasteiger partial charge in [0.15, 0.2) is 0 Å². The fourth-order valence-electron chi connectivity index (χ4n) is 1.45. The molecule has 0 aromatic heterocycles. The predicted octanol–water partition coefficient (Wildman–Crippen LogP) is 2.10. The third-order valence-electron chi connectivity index (χ3n) is 2.34. The van der Waals surface area contributed by atoms with Crippen LogP contribution >= 0.6 is 22.6 Å². The average molecular weight is 316 g/mol. The van der Waals surface area contributed by atoms with E-state index in [1.165, 1.54) is 0 Å². The van der Waals surface area contributed by atoms with E-state index in [9.17, 15) is 9.90 Å². The van der Waals surface area contributed by atoms with Crippen molar-refractivity contribution in [2.45, 2.75) is 12.7 Å². The van der Waals surface area contributed by atoms with Crippen LogP contribution in [-0.4, -0.2) is 11.1 Å². The number of halogens is 1. The molecular weight excluding hydrogens is 307 g/mol. The predicted molar refractivity (Wildman–Crippen MR) is 63.2 cm³/mol. The summed E-state index contributed by atoms with van der Waals surface area (Å²) in [5, 5.41) is 10.3. The van der Waals surface area contributed by atoms with Crippen LogP contribution < -0.4 is 0 Å². The van der Waals surface area contributed by atoms with Gasteiger partial charge < -0.3 is 9.84 Å². The Labute approximate surface area is 101 Å². The lowest BCUT2D eigenvalue weighted by Gasteiger charge is -2.22. The summed E-state index contributed by atoms with van der Waals surface area (Å²) < 4.78 is 5.52. The van der Waals surface area contributed by atoms with Gasteiger partial charge >= 0.3 is 5.97 Å². The number of aliphatic hydroxyl groups is 1. The summed E-state index contributed by atoms with van der Waals surface area (Å²) in [6.45, 7) is 1.64. The lowest BCUT2D eigenvalue weighted by Crippen LogP contribution is -2.26. The first kappa shape index (κ1) is 10.6. The summed E-state index contributed by atoms with van der Waals surface area (Å²) in [7, 11) is 0. The summed E-state index contributed by atoms with van der Waals surface area (Å²) in [5.74, 6) is -2.06. The molecule has 1 unspecified atom stereocenters. The first-order valence-electron chi connectivity index (χ1n) is 4.44. The molecule has 0 spiro atoms. The van der Waals surface area contributed by atoms with Crippen LogP contribution in [0.25, 0.3) is 0 Å². The van der Waals surface area contributed by atoms with E-state index in [2.05, 4.69) is 0 Å². The molecule has 1 heterocycles. The van der Waals surface area contributed by atoms with Gasteiger partial charge in [-0.1, -0.05) is 30.3 Å². The van der Waals surface area contributed by atoms with Crippen molar-refractivity contribution in [2.75, 3.05) is 0 Å². The maximum Gasteiger partial charge on any atom is 0.337 e. The van der Waals surface area contributed by atoms with E-state index in [1.54, 1.807) is 31.2 Å². The first-order chi connectivity index (χ1) is 7.05. The molecule has 0 saturated heterocycles. The van der Waals surface area contributed by atoms with Gasteiger partial charge in [-0.25, -0.2) is 4.79 Å². The van der Waals surface area contributed by atoms with Crippen molar-refractivity contribution in [3.8, 4) is 0 Å². The first-order valence-corrected chi connectivity index (χ1v) is 5.51. The molecule has 0 saturated carbocycles. The van der Waals surface area contributed by atoms with Gasteiger partial charge in [-0.2, -0.15) is 0 Å². The van der Waals surface area contributed by atoms with Crippen LogP contribution in [0.5, 0.6) is 0 Å². The van der Waals surface area contributed by atoms with Crippen LogP contribution in [0.3, 0.4) is 0 Å². The molecule has 3 nitrogen and oxygen atoms in total. The summed E-state index contributed by atoms with van der Waals surface area (Å²) in [6, 6.07) is 8.87. The van der Waals surface area contributed by atoms with Crippen molar-refractivity contribution in [1.82, 2.24) is 0 Å². The maximum absolute atomic E-state index is 11.3. The minimum absolute atomic E-state index is 0.460.